The van der Waals surface area contributed by atoms with Crippen LogP contribution < -0.4 is 0 Å². The summed E-state index contributed by atoms with van der Waals surface area (Å²) in [4.78, 5) is 11.5. The molecule has 5 nitrogen and oxygen atoms in total. The number of esters is 1. The van der Waals surface area contributed by atoms with Gasteiger partial charge in [0, 0.05) is 19.7 Å². The number of hydrogen-bond donors (Lipinski definition) is 0. The number of ether oxygens (including phenoxy) is 2. The molecule has 0 aromatic rings. The van der Waals surface area contributed by atoms with Crippen molar-refractivity contribution in [1.82, 2.24) is 0 Å². The minimum Gasteiger partial charge on any atom is -0.463 e. The van der Waals surface area contributed by atoms with Gasteiger partial charge in [0.1, 0.15) is 6.61 Å². The van der Waals surface area contributed by atoms with E-state index in [0.717, 1.165) is 32.3 Å². The molecule has 0 aliphatic carbocycles. The Labute approximate surface area is 167 Å². The summed E-state index contributed by atoms with van der Waals surface area (Å²) in [6.07, 6.45) is 16.1. The molecule has 162 valence electrons. The summed E-state index contributed by atoms with van der Waals surface area (Å²) < 4.78 is 26.5. The summed E-state index contributed by atoms with van der Waals surface area (Å²) in [6, 6.07) is 0. The predicted octanol–water partition coefficient (Wildman–Crippen LogP) is 6.15. The molecule has 0 aromatic carbocycles. The van der Waals surface area contributed by atoms with E-state index in [4.69, 9.17) is 14.0 Å². The van der Waals surface area contributed by atoms with Gasteiger partial charge in [0.2, 0.25) is 0 Å². The van der Waals surface area contributed by atoms with E-state index in [9.17, 15) is 9.36 Å². The third kappa shape index (κ3) is 23.6. The zero-order chi connectivity index (χ0) is 20.0. The molecule has 1 atom stereocenters. The molecule has 0 amide bonds. The molecule has 0 radical (unpaired) electrons. The van der Waals surface area contributed by atoms with E-state index in [2.05, 4.69) is 6.92 Å². The standard InChI is InChI=1S/C21H43O5P/c1-3-4-5-6-7-8-9-10-11-14-17-24-19-20-25-21(22)16-13-12-15-18-26-27(2)23/h27H,3-20H2,1-2H3. The number of rotatable bonds is 21. The van der Waals surface area contributed by atoms with Crippen molar-refractivity contribution in [2.24, 2.45) is 0 Å². The van der Waals surface area contributed by atoms with E-state index < -0.39 is 8.03 Å². The monoisotopic (exact) mass is 406 g/mol. The molecule has 0 rings (SSSR count). The van der Waals surface area contributed by atoms with E-state index >= 15 is 0 Å². The first-order valence-electron chi connectivity index (χ1n) is 11.0. The van der Waals surface area contributed by atoms with Crippen LogP contribution in [0, 0.1) is 0 Å². The number of unbranched alkanes of at least 4 members (excludes halogenated alkanes) is 11. The highest BCUT2D eigenvalue weighted by Gasteiger charge is 2.02. The third-order valence-corrected chi connectivity index (χ3v) is 5.07. The molecule has 0 heterocycles. The van der Waals surface area contributed by atoms with Crippen molar-refractivity contribution in [1.29, 1.82) is 0 Å². The van der Waals surface area contributed by atoms with Crippen LogP contribution in [0.25, 0.3) is 0 Å². The Kier molecular flexibility index (Phi) is 21.6. The summed E-state index contributed by atoms with van der Waals surface area (Å²) in [5.74, 6) is -0.164. The van der Waals surface area contributed by atoms with Gasteiger partial charge in [-0.1, -0.05) is 71.1 Å². The van der Waals surface area contributed by atoms with Crippen LogP contribution in [-0.4, -0.2) is 39.1 Å². The number of carbonyl (C=O) groups excluding carboxylic acids is 1. The summed E-state index contributed by atoms with van der Waals surface area (Å²) in [6.45, 7) is 5.94. The summed E-state index contributed by atoms with van der Waals surface area (Å²) in [5, 5.41) is 0. The molecule has 1 unspecified atom stereocenters. The highest BCUT2D eigenvalue weighted by Crippen LogP contribution is 2.16. The first kappa shape index (κ1) is 26.6. The molecule has 0 bridgehead atoms. The fourth-order valence-electron chi connectivity index (χ4n) is 2.84. The van der Waals surface area contributed by atoms with Crippen molar-refractivity contribution in [2.45, 2.75) is 96.8 Å². The molecular formula is C21H43O5P. The van der Waals surface area contributed by atoms with Crippen molar-refractivity contribution in [3.05, 3.63) is 0 Å². The van der Waals surface area contributed by atoms with Gasteiger partial charge < -0.3 is 14.0 Å². The maximum atomic E-state index is 11.5. The van der Waals surface area contributed by atoms with E-state index in [-0.39, 0.29) is 5.97 Å². The van der Waals surface area contributed by atoms with Crippen LogP contribution >= 0.6 is 8.03 Å². The normalized spacial score (nSPS) is 12.2. The second kappa shape index (κ2) is 21.9. The zero-order valence-electron chi connectivity index (χ0n) is 17.8. The molecule has 6 heteroatoms. The molecule has 0 saturated heterocycles. The lowest BCUT2D eigenvalue weighted by molar-refractivity contribution is -0.145. The minimum absolute atomic E-state index is 0.164. The van der Waals surface area contributed by atoms with E-state index in [1.165, 1.54) is 57.8 Å². The van der Waals surface area contributed by atoms with Crippen molar-refractivity contribution >= 4 is 14.0 Å². The second-order valence-electron chi connectivity index (χ2n) is 7.17. The predicted molar refractivity (Wildman–Crippen MR) is 113 cm³/mol. The summed E-state index contributed by atoms with van der Waals surface area (Å²) in [7, 11) is -1.82. The minimum atomic E-state index is -1.82. The SMILES string of the molecule is CCCCCCCCCCCCOCCOC(=O)CCCCCO[PH](C)=O. The van der Waals surface area contributed by atoms with Gasteiger partial charge in [-0.25, -0.2) is 0 Å². The summed E-state index contributed by atoms with van der Waals surface area (Å²) in [5.41, 5.74) is 0. The lowest BCUT2D eigenvalue weighted by atomic mass is 10.1. The Morgan fingerprint density at radius 1 is 0.704 bits per heavy atom. The first-order chi connectivity index (χ1) is 13.2. The molecular weight excluding hydrogens is 363 g/mol. The largest absolute Gasteiger partial charge is 0.463 e. The lowest BCUT2D eigenvalue weighted by Crippen LogP contribution is -2.11. The van der Waals surface area contributed by atoms with E-state index in [1.807, 2.05) is 0 Å². The van der Waals surface area contributed by atoms with Crippen LogP contribution in [-0.2, 0) is 23.4 Å². The van der Waals surface area contributed by atoms with Crippen molar-refractivity contribution < 1.29 is 23.4 Å². The van der Waals surface area contributed by atoms with Crippen LogP contribution in [0.3, 0.4) is 0 Å². The summed E-state index contributed by atoms with van der Waals surface area (Å²) >= 11 is 0. The van der Waals surface area contributed by atoms with Crippen LogP contribution in [0.2, 0.25) is 0 Å². The second-order valence-corrected chi connectivity index (χ2v) is 8.44. The Hall–Kier alpha value is -0.380. The fourth-order valence-corrected chi connectivity index (χ4v) is 3.28. The van der Waals surface area contributed by atoms with Gasteiger partial charge in [0.15, 0.2) is 8.03 Å². The van der Waals surface area contributed by atoms with Gasteiger partial charge in [0.25, 0.3) is 0 Å². The Balaban J connectivity index is 3.14. The average Bonchev–Trinajstić information content (AvgIpc) is 2.64. The van der Waals surface area contributed by atoms with Crippen LogP contribution in [0.4, 0.5) is 0 Å². The number of hydrogen-bond acceptors (Lipinski definition) is 5. The highest BCUT2D eigenvalue weighted by molar-refractivity contribution is 7.38. The molecule has 0 aliphatic heterocycles. The topological polar surface area (TPSA) is 61.8 Å². The van der Waals surface area contributed by atoms with E-state index in [0.29, 0.717) is 26.2 Å². The van der Waals surface area contributed by atoms with Crippen molar-refractivity contribution in [3.8, 4) is 0 Å². The Bertz CT molecular complexity index is 349. The molecule has 0 N–H and O–H groups in total. The Morgan fingerprint density at radius 3 is 1.89 bits per heavy atom. The molecule has 0 aliphatic rings. The van der Waals surface area contributed by atoms with Gasteiger partial charge in [-0.05, 0) is 19.3 Å². The quantitative estimate of drug-likeness (QED) is 0.130. The zero-order valence-corrected chi connectivity index (χ0v) is 18.8. The smallest absolute Gasteiger partial charge is 0.305 e. The van der Waals surface area contributed by atoms with Gasteiger partial charge in [-0.15, -0.1) is 0 Å². The highest BCUT2D eigenvalue weighted by atomic mass is 31.1. The number of carbonyl (C=O) groups is 1. The van der Waals surface area contributed by atoms with Crippen LogP contribution in [0.1, 0.15) is 96.8 Å². The molecule has 0 fully saturated rings. The third-order valence-electron chi connectivity index (χ3n) is 4.46. The van der Waals surface area contributed by atoms with Gasteiger partial charge in [-0.2, -0.15) is 0 Å². The maximum absolute atomic E-state index is 11.5. The molecule has 0 aromatic heterocycles. The maximum Gasteiger partial charge on any atom is 0.305 e. The fraction of sp³-hybridized carbons (Fsp3) is 0.952. The van der Waals surface area contributed by atoms with Gasteiger partial charge in [-0.3, -0.25) is 9.36 Å². The van der Waals surface area contributed by atoms with Crippen molar-refractivity contribution in [2.75, 3.05) is 33.1 Å². The van der Waals surface area contributed by atoms with Crippen molar-refractivity contribution in [3.63, 3.8) is 0 Å². The lowest BCUT2D eigenvalue weighted by Gasteiger charge is -2.06. The molecule has 0 spiro atoms. The van der Waals surface area contributed by atoms with E-state index in [1.54, 1.807) is 6.66 Å². The first-order valence-corrected chi connectivity index (χ1v) is 12.8. The molecule has 27 heavy (non-hydrogen) atoms. The van der Waals surface area contributed by atoms with Gasteiger partial charge >= 0.3 is 5.97 Å². The Morgan fingerprint density at radius 2 is 1.26 bits per heavy atom. The van der Waals surface area contributed by atoms with Crippen LogP contribution in [0.5, 0.6) is 0 Å². The van der Waals surface area contributed by atoms with Crippen LogP contribution in [0.15, 0.2) is 0 Å². The van der Waals surface area contributed by atoms with Gasteiger partial charge in [0.05, 0.1) is 13.2 Å². The molecule has 0 saturated carbocycles. The average molecular weight is 407 g/mol.